The highest BCUT2D eigenvalue weighted by molar-refractivity contribution is 14.1. The molecule has 0 atom stereocenters. The summed E-state index contributed by atoms with van der Waals surface area (Å²) in [6, 6.07) is 9.02. The minimum Gasteiger partial charge on any atom is -0.487 e. The van der Waals surface area contributed by atoms with E-state index in [0.29, 0.717) is 33.8 Å². The molecule has 0 N–H and O–H groups in total. The van der Waals surface area contributed by atoms with Gasteiger partial charge in [0.25, 0.3) is 11.1 Å². The number of hydrogen-bond donors (Lipinski definition) is 0. The summed E-state index contributed by atoms with van der Waals surface area (Å²) in [5, 5.41) is 0.674. The summed E-state index contributed by atoms with van der Waals surface area (Å²) in [7, 11) is 0. The second-order valence-corrected chi connectivity index (χ2v) is 11.9. The second kappa shape index (κ2) is 11.4. The van der Waals surface area contributed by atoms with E-state index in [1.165, 1.54) is 0 Å². The fourth-order valence-corrected chi connectivity index (χ4v) is 7.01. The van der Waals surface area contributed by atoms with Gasteiger partial charge in [-0.2, -0.15) is 0 Å². The van der Waals surface area contributed by atoms with E-state index in [2.05, 4.69) is 45.2 Å². The molecule has 2 fully saturated rings. The quantitative estimate of drug-likeness (QED) is 0.252. The molecule has 2 heterocycles. The predicted molar refractivity (Wildman–Crippen MR) is 151 cm³/mol. The number of imide groups is 1. The Hall–Kier alpha value is -1.02. The van der Waals surface area contributed by atoms with Crippen molar-refractivity contribution < 1.29 is 19.1 Å². The zero-order valence-corrected chi connectivity index (χ0v) is 24.3. The first-order valence-corrected chi connectivity index (χ1v) is 14.0. The molecule has 2 aliphatic rings. The Kier molecular flexibility index (Phi) is 8.71. The predicted octanol–water partition coefficient (Wildman–Crippen LogP) is 6.44. The molecule has 178 valence electrons. The Morgan fingerprint density at radius 3 is 2.41 bits per heavy atom. The largest absolute Gasteiger partial charge is 0.487 e. The number of benzene rings is 2. The Morgan fingerprint density at radius 1 is 1.09 bits per heavy atom. The first-order chi connectivity index (χ1) is 16.2. The average Bonchev–Trinajstić information content (AvgIpc) is 3.39. The molecule has 0 radical (unpaired) electrons. The Morgan fingerprint density at radius 2 is 1.76 bits per heavy atom. The van der Waals surface area contributed by atoms with Crippen LogP contribution in [-0.2, 0) is 16.2 Å². The van der Waals surface area contributed by atoms with Crippen LogP contribution in [0.3, 0.4) is 0 Å². The standard InChI is InChI=1S/C23H18Cl2I2N2O4S/c24-15-4-3-14(16(25)10-15)12-33-21-17(26)7-13(8-18(21)27)9-19-22(31)29(23(32)34-19)11-20(30)28-5-1-2-6-28/h3-4,7-10H,1-2,5-6,11-12H2/b19-9+. The lowest BCUT2D eigenvalue weighted by Gasteiger charge is -2.18. The van der Waals surface area contributed by atoms with E-state index in [9.17, 15) is 14.4 Å². The van der Waals surface area contributed by atoms with Crippen molar-refractivity contribution in [2.24, 2.45) is 0 Å². The van der Waals surface area contributed by atoms with Crippen LogP contribution in [0.4, 0.5) is 4.79 Å². The first-order valence-electron chi connectivity index (χ1n) is 10.3. The number of carbonyl (C=O) groups is 3. The number of nitrogens with zero attached hydrogens (tertiary/aromatic N) is 2. The molecule has 2 aliphatic heterocycles. The minimum absolute atomic E-state index is 0.188. The highest BCUT2D eigenvalue weighted by Gasteiger charge is 2.37. The van der Waals surface area contributed by atoms with Gasteiger partial charge in [-0.3, -0.25) is 19.3 Å². The molecule has 0 spiro atoms. The van der Waals surface area contributed by atoms with Gasteiger partial charge >= 0.3 is 0 Å². The summed E-state index contributed by atoms with van der Waals surface area (Å²) in [5.74, 6) is 0.0754. The van der Waals surface area contributed by atoms with E-state index in [1.54, 1.807) is 23.1 Å². The van der Waals surface area contributed by atoms with E-state index in [1.807, 2.05) is 18.2 Å². The van der Waals surface area contributed by atoms with Crippen LogP contribution in [0.15, 0.2) is 35.2 Å². The highest BCUT2D eigenvalue weighted by Crippen LogP contribution is 2.35. The lowest BCUT2D eigenvalue weighted by molar-refractivity contribution is -0.135. The number of carbonyl (C=O) groups excluding carboxylic acids is 3. The number of halogens is 4. The smallest absolute Gasteiger partial charge is 0.294 e. The van der Waals surface area contributed by atoms with Crippen LogP contribution in [0.1, 0.15) is 24.0 Å². The van der Waals surface area contributed by atoms with E-state index in [0.717, 1.165) is 47.8 Å². The van der Waals surface area contributed by atoms with Crippen molar-refractivity contribution in [2.45, 2.75) is 19.4 Å². The third-order valence-electron chi connectivity index (χ3n) is 5.33. The summed E-state index contributed by atoms with van der Waals surface area (Å²) in [4.78, 5) is 40.7. The van der Waals surface area contributed by atoms with Crippen LogP contribution >= 0.6 is 80.1 Å². The minimum atomic E-state index is -0.440. The third-order valence-corrected chi connectivity index (χ3v) is 8.43. The average molecular weight is 743 g/mol. The van der Waals surface area contributed by atoms with E-state index >= 15 is 0 Å². The maximum Gasteiger partial charge on any atom is 0.294 e. The summed E-state index contributed by atoms with van der Waals surface area (Å²) >= 11 is 17.4. The molecule has 0 aliphatic carbocycles. The van der Waals surface area contributed by atoms with Gasteiger partial charge in [-0.15, -0.1) is 0 Å². The highest BCUT2D eigenvalue weighted by atomic mass is 127. The van der Waals surface area contributed by atoms with Crippen molar-refractivity contribution in [3.05, 3.63) is 63.5 Å². The molecular formula is C23H18Cl2I2N2O4S. The van der Waals surface area contributed by atoms with E-state index < -0.39 is 11.1 Å². The maximum absolute atomic E-state index is 12.8. The van der Waals surface area contributed by atoms with Crippen molar-refractivity contribution in [1.29, 1.82) is 0 Å². The zero-order valence-electron chi connectivity index (χ0n) is 17.7. The van der Waals surface area contributed by atoms with Gasteiger partial charge in [0.05, 0.1) is 12.0 Å². The summed E-state index contributed by atoms with van der Waals surface area (Å²) in [5.41, 5.74) is 1.58. The number of likely N-dealkylation sites (tertiary alicyclic amines) is 1. The molecule has 2 aromatic rings. The fourth-order valence-electron chi connectivity index (χ4n) is 3.58. The lowest BCUT2D eigenvalue weighted by Crippen LogP contribution is -2.40. The second-order valence-electron chi connectivity index (χ2n) is 7.69. The van der Waals surface area contributed by atoms with Crippen LogP contribution in [0.2, 0.25) is 10.0 Å². The lowest BCUT2D eigenvalue weighted by atomic mass is 10.2. The number of hydrogen-bond acceptors (Lipinski definition) is 5. The van der Waals surface area contributed by atoms with Gasteiger partial charge in [-0.1, -0.05) is 29.3 Å². The third kappa shape index (κ3) is 6.03. The summed E-state index contributed by atoms with van der Waals surface area (Å²) in [6.45, 7) is 1.43. The van der Waals surface area contributed by atoms with Crippen molar-refractivity contribution in [1.82, 2.24) is 9.80 Å². The molecule has 0 unspecified atom stereocenters. The van der Waals surface area contributed by atoms with Crippen molar-refractivity contribution >= 4 is 103 Å². The van der Waals surface area contributed by atoms with Crippen LogP contribution in [0.5, 0.6) is 5.75 Å². The van der Waals surface area contributed by atoms with Gasteiger partial charge in [0.2, 0.25) is 5.91 Å². The van der Waals surface area contributed by atoms with Crippen LogP contribution in [-0.4, -0.2) is 46.5 Å². The Bertz CT molecular complexity index is 1180. The normalized spacial score (nSPS) is 17.2. The van der Waals surface area contributed by atoms with Gasteiger partial charge < -0.3 is 9.64 Å². The van der Waals surface area contributed by atoms with Crippen molar-refractivity contribution in [2.75, 3.05) is 19.6 Å². The molecule has 0 aromatic heterocycles. The zero-order chi connectivity index (χ0) is 24.4. The number of thioether (sulfide) groups is 1. The van der Waals surface area contributed by atoms with Crippen LogP contribution in [0.25, 0.3) is 6.08 Å². The van der Waals surface area contributed by atoms with Crippen molar-refractivity contribution in [3.63, 3.8) is 0 Å². The van der Waals surface area contributed by atoms with E-state index in [4.69, 9.17) is 27.9 Å². The monoisotopic (exact) mass is 742 g/mol. The topological polar surface area (TPSA) is 66.9 Å². The number of ether oxygens (including phenoxy) is 1. The van der Waals surface area contributed by atoms with Gasteiger partial charge in [0, 0.05) is 28.7 Å². The SMILES string of the molecule is O=C(CN1C(=O)S/C(=C/c2cc(I)c(OCc3ccc(Cl)cc3Cl)c(I)c2)C1=O)N1CCCC1. The molecule has 0 saturated carbocycles. The molecule has 34 heavy (non-hydrogen) atoms. The van der Waals surface area contributed by atoms with Crippen molar-refractivity contribution in [3.8, 4) is 5.75 Å². The molecule has 0 bridgehead atoms. The summed E-state index contributed by atoms with van der Waals surface area (Å²) in [6.07, 6.45) is 3.59. The fraction of sp³-hybridized carbons (Fsp3) is 0.261. The Balaban J connectivity index is 1.46. The van der Waals surface area contributed by atoms with Gasteiger partial charge in [-0.25, -0.2) is 0 Å². The Labute approximate surface area is 238 Å². The molecule has 2 saturated heterocycles. The number of amides is 3. The molecule has 2 aromatic carbocycles. The molecule has 4 rings (SSSR count). The molecule has 11 heteroatoms. The molecular weight excluding hydrogens is 725 g/mol. The first kappa shape index (κ1) is 26.1. The van der Waals surface area contributed by atoms with E-state index in [-0.39, 0.29) is 19.1 Å². The van der Waals surface area contributed by atoms with Gasteiger partial charge in [0.15, 0.2) is 0 Å². The molecule has 3 amide bonds. The summed E-state index contributed by atoms with van der Waals surface area (Å²) < 4.78 is 7.71. The van der Waals surface area contributed by atoms with Gasteiger partial charge in [-0.05, 0) is 106 Å². The number of rotatable bonds is 6. The van der Waals surface area contributed by atoms with Crippen LogP contribution in [0, 0.1) is 7.14 Å². The molecule has 6 nitrogen and oxygen atoms in total. The van der Waals surface area contributed by atoms with Crippen LogP contribution < -0.4 is 4.74 Å². The van der Waals surface area contributed by atoms with Gasteiger partial charge in [0.1, 0.15) is 18.9 Å². The maximum atomic E-state index is 12.8.